The summed E-state index contributed by atoms with van der Waals surface area (Å²) in [7, 11) is 0. The summed E-state index contributed by atoms with van der Waals surface area (Å²) in [6.45, 7) is 1.41. The maximum Gasteiger partial charge on any atom is 0.312 e. The molecule has 0 aliphatic heterocycles. The Labute approximate surface area is 147 Å². The van der Waals surface area contributed by atoms with Crippen molar-refractivity contribution in [3.05, 3.63) is 0 Å². The lowest BCUT2D eigenvalue weighted by Crippen LogP contribution is -2.29. The molecule has 142 valence electrons. The summed E-state index contributed by atoms with van der Waals surface area (Å²) in [5, 5.41) is 5.23. The molecular weight excluding hydrogens is 304 g/mol. The van der Waals surface area contributed by atoms with Crippen LogP contribution in [0.25, 0.3) is 0 Å². The van der Waals surface area contributed by atoms with Crippen LogP contribution in [0.1, 0.15) is 89.9 Å². The summed E-state index contributed by atoms with van der Waals surface area (Å²) in [4.78, 5) is 21.0. The van der Waals surface area contributed by atoms with E-state index in [-0.39, 0.29) is 0 Å². The molecule has 0 fully saturated rings. The number of amides is 4. The molecule has 0 aromatic carbocycles. The van der Waals surface area contributed by atoms with Crippen molar-refractivity contribution in [1.82, 2.24) is 10.6 Å². The summed E-state index contributed by atoms with van der Waals surface area (Å²) < 4.78 is 0. The van der Waals surface area contributed by atoms with E-state index in [4.69, 9.17) is 11.5 Å². The normalized spacial score (nSPS) is 10.5. The molecule has 6 N–H and O–H groups in total. The molecule has 0 atom stereocenters. The van der Waals surface area contributed by atoms with Gasteiger partial charge in [0.2, 0.25) is 0 Å². The molecule has 4 amide bonds. The Morgan fingerprint density at radius 2 is 0.667 bits per heavy atom. The quantitative estimate of drug-likeness (QED) is 0.302. The molecule has 6 nitrogen and oxygen atoms in total. The van der Waals surface area contributed by atoms with E-state index < -0.39 is 12.1 Å². The smallest absolute Gasteiger partial charge is 0.312 e. The van der Waals surface area contributed by atoms with Crippen LogP contribution in [0.5, 0.6) is 0 Å². The molecule has 0 saturated carbocycles. The molecule has 0 spiro atoms. The lowest BCUT2D eigenvalue weighted by molar-refractivity contribution is 0.248. The minimum absolute atomic E-state index is 0.421. The maximum atomic E-state index is 10.5. The van der Waals surface area contributed by atoms with E-state index in [0.717, 1.165) is 12.8 Å². The van der Waals surface area contributed by atoms with Crippen LogP contribution < -0.4 is 22.1 Å². The lowest BCUT2D eigenvalue weighted by Gasteiger charge is -2.04. The molecule has 0 heterocycles. The van der Waals surface area contributed by atoms with E-state index in [0.29, 0.717) is 13.1 Å². The van der Waals surface area contributed by atoms with Crippen molar-refractivity contribution < 1.29 is 9.59 Å². The highest BCUT2D eigenvalue weighted by Crippen LogP contribution is 2.12. The summed E-state index contributed by atoms with van der Waals surface area (Å²) in [6.07, 6.45) is 17.6. The molecule has 24 heavy (non-hydrogen) atoms. The number of urea groups is 2. The van der Waals surface area contributed by atoms with Crippen molar-refractivity contribution in [3.63, 3.8) is 0 Å². The van der Waals surface area contributed by atoms with E-state index in [2.05, 4.69) is 10.6 Å². The van der Waals surface area contributed by atoms with Gasteiger partial charge >= 0.3 is 12.1 Å². The van der Waals surface area contributed by atoms with Gasteiger partial charge in [0, 0.05) is 13.1 Å². The van der Waals surface area contributed by atoms with Crippen molar-refractivity contribution in [3.8, 4) is 0 Å². The summed E-state index contributed by atoms with van der Waals surface area (Å²) in [6, 6.07) is -0.842. The molecule has 0 unspecified atom stereocenters. The number of hydrogen-bond acceptors (Lipinski definition) is 2. The van der Waals surface area contributed by atoms with Crippen molar-refractivity contribution in [2.75, 3.05) is 13.1 Å². The molecular formula is C18H38N4O2. The third kappa shape index (κ3) is 20.5. The Bertz CT molecular complexity index is 281. The number of carbonyl (C=O) groups is 2. The van der Waals surface area contributed by atoms with E-state index in [9.17, 15) is 9.59 Å². The van der Waals surface area contributed by atoms with Gasteiger partial charge in [-0.15, -0.1) is 0 Å². The van der Waals surface area contributed by atoms with Crippen molar-refractivity contribution >= 4 is 12.1 Å². The molecule has 0 rings (SSSR count). The second-order valence-corrected chi connectivity index (χ2v) is 6.53. The van der Waals surface area contributed by atoms with Gasteiger partial charge in [0.15, 0.2) is 0 Å². The van der Waals surface area contributed by atoms with Crippen LogP contribution in [0, 0.1) is 0 Å². The minimum atomic E-state index is -0.421. The minimum Gasteiger partial charge on any atom is -0.352 e. The van der Waals surface area contributed by atoms with Crippen LogP contribution in [0.15, 0.2) is 0 Å². The predicted molar refractivity (Wildman–Crippen MR) is 99.8 cm³/mol. The Morgan fingerprint density at radius 1 is 0.458 bits per heavy atom. The fourth-order valence-electron chi connectivity index (χ4n) is 2.79. The van der Waals surface area contributed by atoms with E-state index in [1.807, 2.05) is 0 Å². The van der Waals surface area contributed by atoms with Crippen LogP contribution in [0.3, 0.4) is 0 Å². The molecule has 0 bridgehead atoms. The van der Waals surface area contributed by atoms with Crippen molar-refractivity contribution in [1.29, 1.82) is 0 Å². The van der Waals surface area contributed by atoms with E-state index in [1.54, 1.807) is 0 Å². The Balaban J connectivity index is 3.00. The molecule has 0 radical (unpaired) electrons. The lowest BCUT2D eigenvalue weighted by atomic mass is 10.0. The maximum absolute atomic E-state index is 10.5. The van der Waals surface area contributed by atoms with Crippen molar-refractivity contribution in [2.45, 2.75) is 89.9 Å². The first kappa shape index (κ1) is 22.5. The first-order valence-electron chi connectivity index (χ1n) is 9.69. The number of unbranched alkanes of at least 4 members (excludes halogenated alkanes) is 13. The van der Waals surface area contributed by atoms with Gasteiger partial charge in [0.1, 0.15) is 0 Å². The highest BCUT2D eigenvalue weighted by Gasteiger charge is 1.96. The molecule has 6 heteroatoms. The standard InChI is InChI=1S/C18H38N4O2/c19-17(23)21-15-13-11-9-7-5-3-1-2-4-6-8-10-12-14-16-22-18(20)24/h1-16H2,(H3,19,21,23)(H3,20,22,24). The van der Waals surface area contributed by atoms with Crippen LogP contribution in [-0.4, -0.2) is 25.2 Å². The first-order chi connectivity index (χ1) is 11.6. The van der Waals surface area contributed by atoms with Crippen LogP contribution in [0.4, 0.5) is 9.59 Å². The van der Waals surface area contributed by atoms with E-state index in [1.165, 1.54) is 77.0 Å². The average molecular weight is 343 g/mol. The molecule has 0 saturated heterocycles. The van der Waals surface area contributed by atoms with Gasteiger partial charge in [-0.1, -0.05) is 77.0 Å². The SMILES string of the molecule is NC(=O)NCCCCCCCCCCCCCCCCNC(N)=O. The predicted octanol–water partition coefficient (Wildman–Crippen LogP) is 3.78. The highest BCUT2D eigenvalue weighted by molar-refractivity contribution is 5.71. The molecule has 0 aliphatic rings. The fraction of sp³-hybridized carbons (Fsp3) is 0.889. The first-order valence-corrected chi connectivity index (χ1v) is 9.69. The largest absolute Gasteiger partial charge is 0.352 e. The number of nitrogens with one attached hydrogen (secondary N) is 2. The molecule has 0 aromatic heterocycles. The molecule has 0 aromatic rings. The zero-order valence-electron chi connectivity index (χ0n) is 15.3. The van der Waals surface area contributed by atoms with Gasteiger partial charge < -0.3 is 22.1 Å². The Hall–Kier alpha value is -1.46. The van der Waals surface area contributed by atoms with Crippen LogP contribution in [-0.2, 0) is 0 Å². The van der Waals surface area contributed by atoms with Gasteiger partial charge in [-0.05, 0) is 12.8 Å². The second-order valence-electron chi connectivity index (χ2n) is 6.53. The number of carbonyl (C=O) groups excluding carboxylic acids is 2. The average Bonchev–Trinajstić information content (AvgIpc) is 2.53. The third-order valence-electron chi connectivity index (χ3n) is 4.20. The number of hydrogen-bond donors (Lipinski definition) is 4. The second kappa shape index (κ2) is 17.9. The monoisotopic (exact) mass is 342 g/mol. The summed E-state index contributed by atoms with van der Waals surface area (Å²) in [5.74, 6) is 0. The zero-order valence-corrected chi connectivity index (χ0v) is 15.3. The van der Waals surface area contributed by atoms with Gasteiger partial charge in [-0.2, -0.15) is 0 Å². The topological polar surface area (TPSA) is 110 Å². The van der Waals surface area contributed by atoms with E-state index >= 15 is 0 Å². The molecule has 0 aliphatic carbocycles. The van der Waals surface area contributed by atoms with Gasteiger partial charge in [0.25, 0.3) is 0 Å². The number of rotatable bonds is 17. The summed E-state index contributed by atoms with van der Waals surface area (Å²) in [5.41, 5.74) is 10.0. The van der Waals surface area contributed by atoms with Crippen molar-refractivity contribution in [2.24, 2.45) is 11.5 Å². The third-order valence-corrected chi connectivity index (χ3v) is 4.20. The van der Waals surface area contributed by atoms with Crippen LogP contribution in [0.2, 0.25) is 0 Å². The summed E-state index contributed by atoms with van der Waals surface area (Å²) >= 11 is 0. The fourth-order valence-corrected chi connectivity index (χ4v) is 2.79. The Kier molecular flexibility index (Phi) is 16.8. The number of nitrogens with two attached hydrogens (primary N) is 2. The van der Waals surface area contributed by atoms with Gasteiger partial charge in [-0.3, -0.25) is 0 Å². The number of primary amides is 2. The van der Waals surface area contributed by atoms with Gasteiger partial charge in [-0.25, -0.2) is 9.59 Å². The van der Waals surface area contributed by atoms with Gasteiger partial charge in [0.05, 0.1) is 0 Å². The zero-order chi connectivity index (χ0) is 17.9. The highest BCUT2D eigenvalue weighted by atomic mass is 16.2. The van der Waals surface area contributed by atoms with Crippen LogP contribution >= 0.6 is 0 Å². The Morgan fingerprint density at radius 3 is 0.875 bits per heavy atom.